The summed E-state index contributed by atoms with van der Waals surface area (Å²) in [4.78, 5) is 2.26. The molecule has 3 aromatic rings. The molecule has 0 saturated carbocycles. The van der Waals surface area contributed by atoms with Crippen LogP contribution in [0.2, 0.25) is 5.02 Å². The summed E-state index contributed by atoms with van der Waals surface area (Å²) in [5, 5.41) is 24.0. The molecule has 0 unspecified atom stereocenters. The highest BCUT2D eigenvalue weighted by Gasteiger charge is 2.19. The second kappa shape index (κ2) is 7.91. The van der Waals surface area contributed by atoms with Gasteiger partial charge < -0.3 is 15.0 Å². The molecular formula is C21H20ClN5O. The lowest BCUT2D eigenvalue weighted by Crippen LogP contribution is -2.20. The van der Waals surface area contributed by atoms with E-state index in [0.717, 1.165) is 48.1 Å². The number of ether oxygens (including phenoxy) is 1. The van der Waals surface area contributed by atoms with Crippen molar-refractivity contribution in [2.45, 2.75) is 19.4 Å². The second-order valence-corrected chi connectivity index (χ2v) is 7.17. The number of hydrogen-bond donors (Lipinski definition) is 1. The smallest absolute Gasteiger partial charge is 0.159 e. The van der Waals surface area contributed by atoms with Gasteiger partial charge in [-0.05, 0) is 48.7 Å². The molecule has 4 rings (SSSR count). The van der Waals surface area contributed by atoms with Gasteiger partial charge in [0.1, 0.15) is 5.75 Å². The van der Waals surface area contributed by atoms with Crippen LogP contribution < -0.4 is 15.0 Å². The topological polar surface area (TPSA) is 74.1 Å². The fraction of sp³-hybridized carbons (Fsp3) is 0.286. The minimum absolute atomic E-state index is 0.535. The van der Waals surface area contributed by atoms with Crippen molar-refractivity contribution in [3.63, 3.8) is 0 Å². The van der Waals surface area contributed by atoms with Crippen LogP contribution in [0.15, 0.2) is 36.4 Å². The maximum atomic E-state index is 9.31. The lowest BCUT2D eigenvalue weighted by molar-refractivity contribution is 0.415. The summed E-state index contributed by atoms with van der Waals surface area (Å²) >= 11 is 6.22. The van der Waals surface area contributed by atoms with Crippen molar-refractivity contribution < 1.29 is 4.74 Å². The highest BCUT2D eigenvalue weighted by Crippen LogP contribution is 2.32. The Morgan fingerprint density at radius 3 is 2.68 bits per heavy atom. The van der Waals surface area contributed by atoms with E-state index in [0.29, 0.717) is 28.7 Å². The molecule has 0 atom stereocenters. The first-order chi connectivity index (χ1) is 13.7. The zero-order valence-electron chi connectivity index (χ0n) is 15.6. The monoisotopic (exact) mass is 393 g/mol. The highest BCUT2D eigenvalue weighted by atomic mass is 35.5. The molecule has 0 radical (unpaired) electrons. The molecule has 142 valence electrons. The summed E-state index contributed by atoms with van der Waals surface area (Å²) in [5.41, 5.74) is 1.60. The van der Waals surface area contributed by atoms with Gasteiger partial charge in [0.2, 0.25) is 0 Å². The molecule has 0 amide bonds. The van der Waals surface area contributed by atoms with Gasteiger partial charge in [-0.3, -0.25) is 0 Å². The number of rotatable bonds is 5. The normalized spacial score (nSPS) is 13.5. The number of methoxy groups -OCH3 is 1. The van der Waals surface area contributed by atoms with Gasteiger partial charge >= 0.3 is 0 Å². The molecule has 2 heterocycles. The average Bonchev–Trinajstić information content (AvgIpc) is 3.26. The summed E-state index contributed by atoms with van der Waals surface area (Å²) in [6.07, 6.45) is 2.33. The molecule has 28 heavy (non-hydrogen) atoms. The maximum absolute atomic E-state index is 9.31. The van der Waals surface area contributed by atoms with Crippen LogP contribution >= 0.6 is 11.6 Å². The molecule has 2 aromatic carbocycles. The number of fused-ring (bicyclic) bond motifs is 1. The second-order valence-electron chi connectivity index (χ2n) is 6.76. The van der Waals surface area contributed by atoms with Crippen molar-refractivity contribution >= 4 is 34.0 Å². The molecule has 0 aliphatic carbocycles. The molecule has 7 heteroatoms. The molecule has 1 saturated heterocycles. The number of halogens is 1. The highest BCUT2D eigenvalue weighted by molar-refractivity contribution is 6.32. The largest absolute Gasteiger partial charge is 0.495 e. The number of nitriles is 1. The quantitative estimate of drug-likeness (QED) is 0.693. The van der Waals surface area contributed by atoms with E-state index in [-0.39, 0.29) is 0 Å². The standard InChI is InChI=1S/C21H20ClN5O/c1-28-19-7-5-15(11-18(19)22)13-24-20-17-10-14(12-23)4-6-16(17)21(26-25-20)27-8-2-3-9-27/h4-7,10-11H,2-3,8-9,13H2,1H3,(H,24,25). The van der Waals surface area contributed by atoms with E-state index < -0.39 is 0 Å². The van der Waals surface area contributed by atoms with Crippen LogP contribution in [0.4, 0.5) is 11.6 Å². The van der Waals surface area contributed by atoms with Crippen molar-refractivity contribution in [1.29, 1.82) is 5.26 Å². The Morgan fingerprint density at radius 1 is 1.14 bits per heavy atom. The van der Waals surface area contributed by atoms with Crippen LogP contribution in [0.5, 0.6) is 5.75 Å². The zero-order chi connectivity index (χ0) is 19.5. The van der Waals surface area contributed by atoms with Gasteiger partial charge in [0, 0.05) is 30.4 Å². The Kier molecular flexibility index (Phi) is 5.18. The summed E-state index contributed by atoms with van der Waals surface area (Å²) < 4.78 is 5.20. The van der Waals surface area contributed by atoms with Crippen LogP contribution in [0.3, 0.4) is 0 Å². The van der Waals surface area contributed by atoms with E-state index in [1.165, 1.54) is 0 Å². The van der Waals surface area contributed by atoms with E-state index in [1.54, 1.807) is 7.11 Å². The number of nitrogens with zero attached hydrogens (tertiary/aromatic N) is 4. The Morgan fingerprint density at radius 2 is 1.96 bits per heavy atom. The molecule has 6 nitrogen and oxygen atoms in total. The van der Waals surface area contributed by atoms with E-state index in [9.17, 15) is 5.26 Å². The van der Waals surface area contributed by atoms with E-state index in [2.05, 4.69) is 26.5 Å². The molecule has 1 fully saturated rings. The van der Waals surface area contributed by atoms with Gasteiger partial charge in [-0.1, -0.05) is 17.7 Å². The van der Waals surface area contributed by atoms with Gasteiger partial charge in [0.05, 0.1) is 23.8 Å². The third-order valence-corrected chi connectivity index (χ3v) is 5.27. The number of hydrogen-bond acceptors (Lipinski definition) is 6. The Hall–Kier alpha value is -3.04. The molecule has 0 bridgehead atoms. The first kappa shape index (κ1) is 18.3. The molecule has 1 N–H and O–H groups in total. The van der Waals surface area contributed by atoms with Crippen molar-refractivity contribution in [1.82, 2.24) is 10.2 Å². The minimum Gasteiger partial charge on any atom is -0.495 e. The molecule has 1 aromatic heterocycles. The minimum atomic E-state index is 0.535. The van der Waals surface area contributed by atoms with Crippen LogP contribution in [0.25, 0.3) is 10.8 Å². The maximum Gasteiger partial charge on any atom is 0.159 e. The van der Waals surface area contributed by atoms with Crippen molar-refractivity contribution in [3.05, 3.63) is 52.5 Å². The lowest BCUT2D eigenvalue weighted by Gasteiger charge is -2.19. The zero-order valence-corrected chi connectivity index (χ0v) is 16.3. The Labute approximate surface area is 168 Å². The first-order valence-corrected chi connectivity index (χ1v) is 9.59. The first-order valence-electron chi connectivity index (χ1n) is 9.21. The molecule has 1 aliphatic rings. The Balaban J connectivity index is 1.67. The average molecular weight is 394 g/mol. The molecule has 1 aliphatic heterocycles. The Bertz CT molecular complexity index is 1060. The van der Waals surface area contributed by atoms with Crippen molar-refractivity contribution in [2.24, 2.45) is 0 Å². The van der Waals surface area contributed by atoms with E-state index >= 15 is 0 Å². The third-order valence-electron chi connectivity index (χ3n) is 4.97. The predicted molar refractivity (Wildman–Crippen MR) is 111 cm³/mol. The van der Waals surface area contributed by atoms with Gasteiger partial charge in [0.15, 0.2) is 11.6 Å². The van der Waals surface area contributed by atoms with Crippen LogP contribution in [-0.4, -0.2) is 30.4 Å². The third kappa shape index (κ3) is 3.54. The lowest BCUT2D eigenvalue weighted by atomic mass is 10.1. The molecule has 0 spiro atoms. The van der Waals surface area contributed by atoms with Gasteiger partial charge in [0.25, 0.3) is 0 Å². The van der Waals surface area contributed by atoms with Crippen LogP contribution in [-0.2, 0) is 6.54 Å². The van der Waals surface area contributed by atoms with Crippen LogP contribution in [0.1, 0.15) is 24.0 Å². The SMILES string of the molecule is COc1ccc(CNc2nnc(N3CCCC3)c3ccc(C#N)cc23)cc1Cl. The predicted octanol–water partition coefficient (Wildman–Crippen LogP) is 4.38. The summed E-state index contributed by atoms with van der Waals surface area (Å²) in [6.45, 7) is 2.51. The van der Waals surface area contributed by atoms with Crippen molar-refractivity contribution in [2.75, 3.05) is 30.4 Å². The van der Waals surface area contributed by atoms with Gasteiger partial charge in [-0.25, -0.2) is 0 Å². The summed E-state index contributed by atoms with van der Waals surface area (Å²) in [5.74, 6) is 2.18. The fourth-order valence-electron chi connectivity index (χ4n) is 3.51. The van der Waals surface area contributed by atoms with E-state index in [1.807, 2.05) is 36.4 Å². The van der Waals surface area contributed by atoms with Gasteiger partial charge in [-0.2, -0.15) is 5.26 Å². The summed E-state index contributed by atoms with van der Waals surface area (Å²) in [7, 11) is 1.59. The van der Waals surface area contributed by atoms with Crippen LogP contribution in [0, 0.1) is 11.3 Å². The number of aromatic nitrogens is 2. The van der Waals surface area contributed by atoms with E-state index in [4.69, 9.17) is 16.3 Å². The summed E-state index contributed by atoms with van der Waals surface area (Å²) in [6, 6.07) is 13.5. The van der Waals surface area contributed by atoms with Gasteiger partial charge in [-0.15, -0.1) is 10.2 Å². The molecular weight excluding hydrogens is 374 g/mol. The number of nitrogens with one attached hydrogen (secondary N) is 1. The van der Waals surface area contributed by atoms with Crippen molar-refractivity contribution in [3.8, 4) is 11.8 Å². The fourth-order valence-corrected chi connectivity index (χ4v) is 3.79. The number of anilines is 2. The number of benzene rings is 2.